The second-order valence-electron chi connectivity index (χ2n) is 3.82. The number of nitrogens with zero attached hydrogens (tertiary/aromatic N) is 1. The average molecular weight is 185 g/mol. The molecule has 1 fully saturated rings. The minimum absolute atomic E-state index is 0.0214. The number of hydrogen-bond donors (Lipinski definition) is 1. The summed E-state index contributed by atoms with van der Waals surface area (Å²) in [5, 5.41) is 8.97. The van der Waals surface area contributed by atoms with Gasteiger partial charge in [-0.3, -0.25) is 4.79 Å². The first-order valence-electron chi connectivity index (χ1n) is 5.08. The SMILES string of the molecule is CCC(CO)C(=O)N(C)C1CCC1. The van der Waals surface area contributed by atoms with Gasteiger partial charge in [0.2, 0.25) is 5.91 Å². The first-order chi connectivity index (χ1) is 6.20. The fourth-order valence-electron chi connectivity index (χ4n) is 1.62. The number of carbonyl (C=O) groups is 1. The third-order valence-electron chi connectivity index (χ3n) is 3.03. The largest absolute Gasteiger partial charge is 0.396 e. The van der Waals surface area contributed by atoms with Gasteiger partial charge in [0, 0.05) is 13.1 Å². The van der Waals surface area contributed by atoms with Gasteiger partial charge in [-0.25, -0.2) is 0 Å². The molecule has 0 spiro atoms. The molecule has 0 bridgehead atoms. The Bertz CT molecular complexity index is 174. The smallest absolute Gasteiger partial charge is 0.227 e. The van der Waals surface area contributed by atoms with Gasteiger partial charge in [0.15, 0.2) is 0 Å². The normalized spacial score (nSPS) is 19.3. The summed E-state index contributed by atoms with van der Waals surface area (Å²) in [4.78, 5) is 13.5. The van der Waals surface area contributed by atoms with Crippen LogP contribution >= 0.6 is 0 Å². The van der Waals surface area contributed by atoms with Gasteiger partial charge in [0.25, 0.3) is 0 Å². The van der Waals surface area contributed by atoms with Crippen molar-refractivity contribution in [1.82, 2.24) is 4.90 Å². The van der Waals surface area contributed by atoms with Gasteiger partial charge in [-0.1, -0.05) is 6.92 Å². The van der Waals surface area contributed by atoms with Crippen LogP contribution < -0.4 is 0 Å². The van der Waals surface area contributed by atoms with Crippen LogP contribution in [0.5, 0.6) is 0 Å². The summed E-state index contributed by atoms with van der Waals surface area (Å²) in [6.45, 7) is 1.92. The summed E-state index contributed by atoms with van der Waals surface area (Å²) in [7, 11) is 1.85. The maximum absolute atomic E-state index is 11.7. The van der Waals surface area contributed by atoms with Gasteiger partial charge in [-0.2, -0.15) is 0 Å². The molecule has 0 heterocycles. The standard InChI is InChI=1S/C10H19NO2/c1-3-8(7-12)10(13)11(2)9-5-4-6-9/h8-9,12H,3-7H2,1-2H3. The molecule has 0 aliphatic heterocycles. The molecule has 1 aliphatic rings. The molecule has 1 aliphatic carbocycles. The van der Waals surface area contributed by atoms with Gasteiger partial charge < -0.3 is 10.0 Å². The first kappa shape index (κ1) is 10.5. The first-order valence-corrected chi connectivity index (χ1v) is 5.08. The van der Waals surface area contributed by atoms with Gasteiger partial charge in [-0.15, -0.1) is 0 Å². The highest BCUT2D eigenvalue weighted by atomic mass is 16.3. The van der Waals surface area contributed by atoms with E-state index in [1.54, 1.807) is 0 Å². The monoisotopic (exact) mass is 185 g/mol. The molecule has 1 saturated carbocycles. The number of aliphatic hydroxyl groups excluding tert-OH is 1. The molecule has 0 aromatic rings. The van der Waals surface area contributed by atoms with E-state index in [0.717, 1.165) is 19.3 Å². The molecule has 1 unspecified atom stereocenters. The van der Waals surface area contributed by atoms with Gasteiger partial charge in [-0.05, 0) is 25.7 Å². The topological polar surface area (TPSA) is 40.5 Å². The fraction of sp³-hybridized carbons (Fsp3) is 0.900. The Balaban J connectivity index is 2.44. The Morgan fingerprint density at radius 1 is 1.62 bits per heavy atom. The summed E-state index contributed by atoms with van der Waals surface area (Å²) in [6.07, 6.45) is 4.22. The van der Waals surface area contributed by atoms with Crippen LogP contribution in [0.15, 0.2) is 0 Å². The van der Waals surface area contributed by atoms with E-state index >= 15 is 0 Å². The van der Waals surface area contributed by atoms with E-state index in [2.05, 4.69) is 0 Å². The van der Waals surface area contributed by atoms with Crippen LogP contribution in [0.25, 0.3) is 0 Å². The second-order valence-corrected chi connectivity index (χ2v) is 3.82. The Hall–Kier alpha value is -0.570. The number of carbonyl (C=O) groups excluding carboxylic acids is 1. The summed E-state index contributed by atoms with van der Waals surface area (Å²) < 4.78 is 0. The number of amides is 1. The Morgan fingerprint density at radius 3 is 2.54 bits per heavy atom. The van der Waals surface area contributed by atoms with Crippen molar-refractivity contribution in [3.8, 4) is 0 Å². The zero-order valence-corrected chi connectivity index (χ0v) is 8.49. The average Bonchev–Trinajstić information content (AvgIpc) is 2.03. The lowest BCUT2D eigenvalue weighted by Crippen LogP contribution is -2.44. The predicted molar refractivity (Wildman–Crippen MR) is 51.3 cm³/mol. The second kappa shape index (κ2) is 4.61. The van der Waals surface area contributed by atoms with Crippen molar-refractivity contribution in [2.75, 3.05) is 13.7 Å². The minimum Gasteiger partial charge on any atom is -0.396 e. The lowest BCUT2D eigenvalue weighted by molar-refractivity contribution is -0.139. The van der Waals surface area contributed by atoms with Crippen molar-refractivity contribution >= 4 is 5.91 Å². The van der Waals surface area contributed by atoms with Crippen molar-refractivity contribution in [3.63, 3.8) is 0 Å². The van der Waals surface area contributed by atoms with Crippen LogP contribution in [0.2, 0.25) is 0 Å². The number of rotatable bonds is 4. The summed E-state index contributed by atoms with van der Waals surface area (Å²) >= 11 is 0. The quantitative estimate of drug-likeness (QED) is 0.710. The molecule has 3 nitrogen and oxygen atoms in total. The van der Waals surface area contributed by atoms with Gasteiger partial charge in [0.05, 0.1) is 12.5 Å². The summed E-state index contributed by atoms with van der Waals surface area (Å²) in [6, 6.07) is 0.438. The Labute approximate surface area is 79.7 Å². The predicted octanol–water partition coefficient (Wildman–Crippen LogP) is 1.02. The Morgan fingerprint density at radius 2 is 2.23 bits per heavy atom. The third-order valence-corrected chi connectivity index (χ3v) is 3.03. The van der Waals surface area contributed by atoms with Gasteiger partial charge in [0.1, 0.15) is 0 Å². The van der Waals surface area contributed by atoms with Crippen molar-refractivity contribution in [1.29, 1.82) is 0 Å². The minimum atomic E-state index is -0.189. The van der Waals surface area contributed by atoms with E-state index in [1.807, 2.05) is 18.9 Å². The highest BCUT2D eigenvalue weighted by molar-refractivity contribution is 5.79. The van der Waals surface area contributed by atoms with E-state index in [4.69, 9.17) is 5.11 Å². The molecule has 0 aromatic heterocycles. The maximum atomic E-state index is 11.7. The van der Waals surface area contributed by atoms with E-state index in [0.29, 0.717) is 6.04 Å². The lowest BCUT2D eigenvalue weighted by Gasteiger charge is -2.36. The summed E-state index contributed by atoms with van der Waals surface area (Å²) in [5.41, 5.74) is 0. The zero-order valence-electron chi connectivity index (χ0n) is 8.49. The number of hydrogen-bond acceptors (Lipinski definition) is 2. The lowest BCUT2D eigenvalue weighted by atomic mass is 9.91. The zero-order chi connectivity index (χ0) is 9.84. The van der Waals surface area contributed by atoms with Gasteiger partial charge >= 0.3 is 0 Å². The van der Waals surface area contributed by atoms with Crippen molar-refractivity contribution in [3.05, 3.63) is 0 Å². The molecule has 0 radical (unpaired) electrons. The van der Waals surface area contributed by atoms with E-state index in [-0.39, 0.29) is 18.4 Å². The molecule has 3 heteroatoms. The van der Waals surface area contributed by atoms with E-state index in [1.165, 1.54) is 6.42 Å². The van der Waals surface area contributed by atoms with Crippen LogP contribution in [0.3, 0.4) is 0 Å². The highest BCUT2D eigenvalue weighted by Gasteiger charge is 2.28. The summed E-state index contributed by atoms with van der Waals surface area (Å²) in [5.74, 6) is -0.0831. The molecule has 1 N–H and O–H groups in total. The van der Waals surface area contributed by atoms with Crippen molar-refractivity contribution in [2.45, 2.75) is 38.6 Å². The van der Waals surface area contributed by atoms with Crippen molar-refractivity contribution < 1.29 is 9.90 Å². The van der Waals surface area contributed by atoms with Crippen LogP contribution in [0, 0.1) is 5.92 Å². The van der Waals surface area contributed by atoms with Crippen LogP contribution in [0.1, 0.15) is 32.6 Å². The molecule has 1 rings (SSSR count). The molecule has 1 atom stereocenters. The van der Waals surface area contributed by atoms with E-state index in [9.17, 15) is 4.79 Å². The molecule has 0 saturated heterocycles. The van der Waals surface area contributed by atoms with Crippen LogP contribution in [-0.4, -0.2) is 35.6 Å². The fourth-order valence-corrected chi connectivity index (χ4v) is 1.62. The van der Waals surface area contributed by atoms with Crippen molar-refractivity contribution in [2.24, 2.45) is 5.92 Å². The van der Waals surface area contributed by atoms with Crippen LogP contribution in [-0.2, 0) is 4.79 Å². The molecular formula is C10H19NO2. The molecule has 13 heavy (non-hydrogen) atoms. The number of aliphatic hydroxyl groups is 1. The Kier molecular flexibility index (Phi) is 3.72. The maximum Gasteiger partial charge on any atom is 0.227 e. The van der Waals surface area contributed by atoms with E-state index < -0.39 is 0 Å². The third kappa shape index (κ3) is 2.21. The molecule has 76 valence electrons. The van der Waals surface area contributed by atoms with Crippen LogP contribution in [0.4, 0.5) is 0 Å². The molecule has 0 aromatic carbocycles. The molecular weight excluding hydrogens is 166 g/mol. The highest BCUT2D eigenvalue weighted by Crippen LogP contribution is 2.25. The molecule has 1 amide bonds.